The average Bonchev–Trinajstić information content (AvgIpc) is 2.99. The van der Waals surface area contributed by atoms with Crippen LogP contribution in [-0.2, 0) is 19.0 Å². The first kappa shape index (κ1) is 19.4. The molecule has 0 aromatic heterocycles. The molecule has 2 fully saturated rings. The van der Waals surface area contributed by atoms with Gasteiger partial charge in [0.15, 0.2) is 0 Å². The summed E-state index contributed by atoms with van der Waals surface area (Å²) in [5.41, 5.74) is -1.13. The van der Waals surface area contributed by atoms with Crippen LogP contribution in [0.4, 0.5) is 0 Å². The van der Waals surface area contributed by atoms with Gasteiger partial charge in [-0.2, -0.15) is 0 Å². The summed E-state index contributed by atoms with van der Waals surface area (Å²) in [6.45, 7) is 11.1. The number of carbonyl (C=O) groups excluding carboxylic acids is 1. The lowest BCUT2D eigenvalue weighted by Crippen LogP contribution is -2.56. The summed E-state index contributed by atoms with van der Waals surface area (Å²) in [7, 11) is 3.37. The molecule has 24 heavy (non-hydrogen) atoms. The van der Waals surface area contributed by atoms with Gasteiger partial charge in [-0.15, -0.1) is 6.58 Å². The number of hydrogen-bond donors (Lipinski definition) is 0. The van der Waals surface area contributed by atoms with Crippen molar-refractivity contribution < 1.29 is 19.0 Å². The topological polar surface area (TPSA) is 48.0 Å². The van der Waals surface area contributed by atoms with E-state index in [2.05, 4.69) is 20.4 Å². The highest BCUT2D eigenvalue weighted by Crippen LogP contribution is 2.46. The van der Waals surface area contributed by atoms with Crippen molar-refractivity contribution in [2.75, 3.05) is 27.4 Å². The van der Waals surface area contributed by atoms with Gasteiger partial charge < -0.3 is 19.1 Å². The number of amides is 1. The molecule has 2 saturated heterocycles. The van der Waals surface area contributed by atoms with E-state index in [1.54, 1.807) is 14.2 Å². The van der Waals surface area contributed by atoms with Crippen molar-refractivity contribution in [2.24, 2.45) is 5.92 Å². The van der Waals surface area contributed by atoms with E-state index < -0.39 is 5.60 Å². The average molecular weight is 339 g/mol. The second kappa shape index (κ2) is 7.54. The van der Waals surface area contributed by atoms with Gasteiger partial charge in [-0.05, 0) is 45.4 Å². The smallest absolute Gasteiger partial charge is 0.255 e. The Kier molecular flexibility index (Phi) is 6.10. The van der Waals surface area contributed by atoms with E-state index in [1.165, 1.54) is 0 Å². The van der Waals surface area contributed by atoms with E-state index >= 15 is 0 Å². The molecule has 1 amide bonds. The van der Waals surface area contributed by atoms with Crippen molar-refractivity contribution in [1.82, 2.24) is 4.90 Å². The van der Waals surface area contributed by atoms with Crippen LogP contribution in [0.2, 0.25) is 0 Å². The monoisotopic (exact) mass is 339 g/mol. The number of rotatable bonds is 7. The molecule has 0 aromatic carbocycles. The largest absolute Gasteiger partial charge is 0.383 e. The number of carbonyl (C=O) groups is 1. The van der Waals surface area contributed by atoms with Gasteiger partial charge in [-0.1, -0.05) is 13.0 Å². The van der Waals surface area contributed by atoms with E-state index in [4.69, 9.17) is 14.2 Å². The van der Waals surface area contributed by atoms with E-state index in [-0.39, 0.29) is 29.5 Å². The Bertz CT molecular complexity index is 454. The van der Waals surface area contributed by atoms with Crippen molar-refractivity contribution >= 4 is 5.91 Å². The highest BCUT2D eigenvalue weighted by atomic mass is 16.5. The van der Waals surface area contributed by atoms with Crippen molar-refractivity contribution in [2.45, 2.75) is 69.7 Å². The highest BCUT2D eigenvalue weighted by molar-refractivity contribution is 5.86. The molecule has 5 nitrogen and oxygen atoms in total. The lowest BCUT2D eigenvalue weighted by Gasteiger charge is -2.38. The molecule has 0 spiro atoms. The predicted molar refractivity (Wildman–Crippen MR) is 93.9 cm³/mol. The Balaban J connectivity index is 2.24. The van der Waals surface area contributed by atoms with Crippen LogP contribution in [0, 0.1) is 5.92 Å². The third-order valence-electron chi connectivity index (χ3n) is 5.71. The van der Waals surface area contributed by atoms with Crippen molar-refractivity contribution in [3.8, 4) is 0 Å². The van der Waals surface area contributed by atoms with Crippen LogP contribution in [0.1, 0.15) is 46.5 Å². The zero-order chi connectivity index (χ0) is 18.0. The second-order valence-corrected chi connectivity index (χ2v) is 7.77. The zero-order valence-electron chi connectivity index (χ0n) is 15.8. The Morgan fingerprint density at radius 2 is 1.79 bits per heavy atom. The molecular formula is C19H33NO4. The predicted octanol–water partition coefficient (Wildman–Crippen LogP) is 2.79. The van der Waals surface area contributed by atoms with Crippen molar-refractivity contribution in [3.63, 3.8) is 0 Å². The molecule has 5 atom stereocenters. The van der Waals surface area contributed by atoms with Gasteiger partial charge in [-0.25, -0.2) is 0 Å². The first-order valence-electron chi connectivity index (χ1n) is 8.93. The van der Waals surface area contributed by atoms with Gasteiger partial charge in [-0.3, -0.25) is 4.79 Å². The van der Waals surface area contributed by atoms with Crippen LogP contribution in [0.3, 0.4) is 0 Å². The molecule has 2 aliphatic rings. The molecule has 0 saturated carbocycles. The highest BCUT2D eigenvalue weighted by Gasteiger charge is 2.56. The first-order valence-corrected chi connectivity index (χ1v) is 8.93. The molecule has 5 heteroatoms. The van der Waals surface area contributed by atoms with Crippen LogP contribution in [0.25, 0.3) is 0 Å². The zero-order valence-corrected chi connectivity index (χ0v) is 15.8. The molecule has 0 bridgehead atoms. The Morgan fingerprint density at radius 3 is 2.25 bits per heavy atom. The Labute approximate surface area is 146 Å². The lowest BCUT2D eigenvalue weighted by atomic mass is 9.85. The third kappa shape index (κ3) is 3.53. The molecule has 0 radical (unpaired) electrons. The fraction of sp³-hybridized carbons (Fsp3) is 0.842. The molecule has 2 rings (SSSR count). The van der Waals surface area contributed by atoms with Crippen LogP contribution >= 0.6 is 0 Å². The van der Waals surface area contributed by atoms with Crippen LogP contribution in [-0.4, -0.2) is 61.5 Å². The second-order valence-electron chi connectivity index (χ2n) is 7.77. The minimum Gasteiger partial charge on any atom is -0.383 e. The minimum absolute atomic E-state index is 0.0735. The van der Waals surface area contributed by atoms with Crippen LogP contribution in [0.5, 0.6) is 0 Å². The molecule has 0 N–H and O–H groups in total. The maximum absolute atomic E-state index is 13.5. The molecule has 2 heterocycles. The van der Waals surface area contributed by atoms with Gasteiger partial charge in [0.2, 0.25) is 0 Å². The molecule has 138 valence electrons. The van der Waals surface area contributed by atoms with Gasteiger partial charge in [0.25, 0.3) is 5.91 Å². The Morgan fingerprint density at radius 1 is 1.25 bits per heavy atom. The third-order valence-corrected chi connectivity index (χ3v) is 5.71. The van der Waals surface area contributed by atoms with Crippen LogP contribution in [0.15, 0.2) is 12.7 Å². The maximum atomic E-state index is 13.5. The van der Waals surface area contributed by atoms with Gasteiger partial charge in [0.05, 0.1) is 30.9 Å². The van der Waals surface area contributed by atoms with E-state index in [0.717, 1.165) is 25.7 Å². The number of hydrogen-bond acceptors (Lipinski definition) is 4. The summed E-state index contributed by atoms with van der Waals surface area (Å²) in [5, 5.41) is 0. The van der Waals surface area contributed by atoms with Crippen LogP contribution < -0.4 is 0 Å². The number of likely N-dealkylation sites (tertiary alicyclic amines) is 1. The summed E-state index contributed by atoms with van der Waals surface area (Å²) < 4.78 is 17.1. The van der Waals surface area contributed by atoms with E-state index in [1.807, 2.05) is 17.9 Å². The molecular weight excluding hydrogens is 306 g/mol. The quantitative estimate of drug-likeness (QED) is 0.669. The Hall–Kier alpha value is -0.910. The maximum Gasteiger partial charge on any atom is 0.255 e. The molecule has 0 aromatic rings. The van der Waals surface area contributed by atoms with Crippen molar-refractivity contribution in [1.29, 1.82) is 0 Å². The normalized spacial score (nSPS) is 39.4. The first-order chi connectivity index (χ1) is 11.3. The molecule has 0 aliphatic carbocycles. The van der Waals surface area contributed by atoms with Gasteiger partial charge in [0, 0.05) is 14.2 Å². The fourth-order valence-corrected chi connectivity index (χ4v) is 4.44. The number of nitrogens with zero attached hydrogens (tertiary/aromatic N) is 1. The van der Waals surface area contributed by atoms with Gasteiger partial charge >= 0.3 is 0 Å². The summed E-state index contributed by atoms with van der Waals surface area (Å²) in [6.07, 6.45) is 5.38. The summed E-state index contributed by atoms with van der Waals surface area (Å²) >= 11 is 0. The number of ether oxygens (including phenoxy) is 3. The number of methoxy groups -OCH3 is 2. The molecule has 2 aliphatic heterocycles. The standard InChI is InChI=1S/C19H33NO4/c1-7-10-18(3)11-14(2)19(4,24-18)17(21)20-15(12-22-5)8-9-16(20)13-23-6/h7,14-16H,1,8-13H2,2-6H3/t14-,15-,16-,18-,19-/m1/s1. The minimum atomic E-state index is -0.805. The molecule has 0 unspecified atom stereocenters. The SMILES string of the molecule is C=CC[C@]1(C)C[C@@H](C)[C@](C)(C(=O)N2[C@@H](COC)CC[C@@H]2COC)O1. The van der Waals surface area contributed by atoms with Gasteiger partial charge in [0.1, 0.15) is 5.60 Å². The summed E-state index contributed by atoms with van der Waals surface area (Å²) in [5.74, 6) is 0.228. The van der Waals surface area contributed by atoms with Crippen molar-refractivity contribution in [3.05, 3.63) is 12.7 Å². The summed E-state index contributed by atoms with van der Waals surface area (Å²) in [4.78, 5) is 15.5. The fourth-order valence-electron chi connectivity index (χ4n) is 4.44. The van der Waals surface area contributed by atoms with E-state index in [0.29, 0.717) is 13.2 Å². The van der Waals surface area contributed by atoms with E-state index in [9.17, 15) is 4.79 Å². The lowest BCUT2D eigenvalue weighted by molar-refractivity contribution is -0.170. The summed E-state index contributed by atoms with van der Waals surface area (Å²) in [6, 6.07) is 0.197.